The van der Waals surface area contributed by atoms with Crippen LogP contribution in [0.25, 0.3) is 0 Å². The Morgan fingerprint density at radius 2 is 2.29 bits per heavy atom. The molecule has 0 aliphatic rings. The van der Waals surface area contributed by atoms with Gasteiger partial charge in [0.1, 0.15) is 0 Å². The summed E-state index contributed by atoms with van der Waals surface area (Å²) in [5.41, 5.74) is 0. The molecule has 0 amide bonds. The van der Waals surface area contributed by atoms with Gasteiger partial charge in [-0.25, -0.2) is 0 Å². The van der Waals surface area contributed by atoms with E-state index in [1.807, 2.05) is 0 Å². The molecule has 0 saturated carbocycles. The molecule has 7 heavy (non-hydrogen) atoms. The van der Waals surface area contributed by atoms with Crippen molar-refractivity contribution < 1.29 is 4.43 Å². The highest BCUT2D eigenvalue weighted by Crippen LogP contribution is 1.89. The fraction of sp³-hybridized carbons (Fsp3) is 1.00. The average Bonchev–Trinajstić information content (AvgIpc) is 1.68. The molecule has 0 aliphatic heterocycles. The molecule has 0 heterocycles. The van der Waals surface area contributed by atoms with Gasteiger partial charge >= 0.3 is 0 Å². The Morgan fingerprint density at radius 3 is 2.43 bits per heavy atom. The van der Waals surface area contributed by atoms with Crippen molar-refractivity contribution in [1.82, 2.24) is 0 Å². The van der Waals surface area contributed by atoms with Gasteiger partial charge in [0.05, 0.1) is 0 Å². The molecule has 0 spiro atoms. The first-order valence-corrected chi connectivity index (χ1v) is 4.55. The van der Waals surface area contributed by atoms with Gasteiger partial charge in [-0.3, -0.25) is 0 Å². The molecule has 0 aromatic rings. The van der Waals surface area contributed by atoms with Gasteiger partial charge in [-0.1, -0.05) is 13.3 Å². The van der Waals surface area contributed by atoms with Gasteiger partial charge in [0.15, 0.2) is 0 Å². The molecule has 0 radical (unpaired) electrons. The molecule has 1 unspecified atom stereocenters. The highest BCUT2D eigenvalue weighted by molar-refractivity contribution is 6.47. The predicted molar refractivity (Wildman–Crippen MR) is 33.4 cm³/mol. The van der Waals surface area contributed by atoms with Gasteiger partial charge in [-0.2, -0.15) is 0 Å². The van der Waals surface area contributed by atoms with E-state index in [4.69, 9.17) is 9.83 Å². The minimum absolute atomic E-state index is 1.09. The highest BCUT2D eigenvalue weighted by Gasteiger charge is 1.97. The van der Waals surface area contributed by atoms with E-state index in [2.05, 4.69) is 6.92 Å². The Kier molecular flexibility index (Phi) is 4.38. The van der Waals surface area contributed by atoms with Crippen molar-refractivity contribution in [3.05, 3.63) is 0 Å². The summed E-state index contributed by atoms with van der Waals surface area (Å²) in [6.45, 7) is 2.12. The summed E-state index contributed by atoms with van der Waals surface area (Å²) < 4.78 is 4.91. The van der Waals surface area contributed by atoms with Crippen LogP contribution < -0.4 is 5.40 Å². The van der Waals surface area contributed by atoms with E-state index in [1.165, 1.54) is 0 Å². The molecule has 0 aliphatic carbocycles. The standard InChI is InChI=1S/C4H13NOSi/c1-3-4-7(5)6-2/h7H,3-5H2,1-2H3. The SMILES string of the molecule is CCC[SiH](N)OC. The van der Waals surface area contributed by atoms with Crippen LogP contribution in [0, 0.1) is 0 Å². The fourth-order valence-corrected chi connectivity index (χ4v) is 1.21. The maximum Gasteiger partial charge on any atom is 0.249 e. The summed E-state index contributed by atoms with van der Waals surface area (Å²) in [4.78, 5) is 0. The highest BCUT2D eigenvalue weighted by atomic mass is 28.3. The molecule has 0 rings (SSSR count). The molecule has 0 fully saturated rings. The number of nitrogens with two attached hydrogens (primary N) is 1. The second kappa shape index (κ2) is 4.30. The van der Waals surface area contributed by atoms with Crippen molar-refractivity contribution in [1.29, 1.82) is 0 Å². The lowest BCUT2D eigenvalue weighted by molar-refractivity contribution is 0.418. The van der Waals surface area contributed by atoms with Crippen molar-refractivity contribution in [3.63, 3.8) is 0 Å². The lowest BCUT2D eigenvalue weighted by Crippen LogP contribution is -2.27. The monoisotopic (exact) mass is 119 g/mol. The molecule has 3 heteroatoms. The lowest BCUT2D eigenvalue weighted by atomic mass is 10.6. The summed E-state index contributed by atoms with van der Waals surface area (Å²) in [5.74, 6) is 0. The van der Waals surface area contributed by atoms with Crippen molar-refractivity contribution in [2.24, 2.45) is 5.40 Å². The summed E-state index contributed by atoms with van der Waals surface area (Å²) in [6.07, 6.45) is 1.15. The first-order chi connectivity index (χ1) is 3.31. The van der Waals surface area contributed by atoms with Gasteiger partial charge < -0.3 is 9.83 Å². The maximum absolute atomic E-state index is 5.50. The van der Waals surface area contributed by atoms with E-state index in [-0.39, 0.29) is 0 Å². The fourth-order valence-electron chi connectivity index (χ4n) is 0.402. The Balaban J connectivity index is 2.83. The van der Waals surface area contributed by atoms with Gasteiger partial charge in [0, 0.05) is 7.11 Å². The Morgan fingerprint density at radius 1 is 1.71 bits per heavy atom. The van der Waals surface area contributed by atoms with Gasteiger partial charge in [-0.05, 0) is 6.04 Å². The zero-order valence-corrected chi connectivity index (χ0v) is 6.13. The van der Waals surface area contributed by atoms with E-state index in [0.717, 1.165) is 12.5 Å². The normalized spacial score (nSPS) is 14.1. The molecule has 0 bridgehead atoms. The molecule has 44 valence electrons. The molecule has 2 N–H and O–H groups in total. The molecule has 0 saturated heterocycles. The lowest BCUT2D eigenvalue weighted by Gasteiger charge is -2.01. The summed E-state index contributed by atoms with van der Waals surface area (Å²) in [5, 5.41) is 5.50. The number of hydrogen-bond acceptors (Lipinski definition) is 2. The molecule has 2 nitrogen and oxygen atoms in total. The molecule has 0 aromatic heterocycles. The van der Waals surface area contributed by atoms with Crippen LogP contribution >= 0.6 is 0 Å². The Labute approximate surface area is 46.5 Å². The van der Waals surface area contributed by atoms with Crippen LogP contribution in [0.2, 0.25) is 6.04 Å². The summed E-state index contributed by atoms with van der Waals surface area (Å²) >= 11 is 0. The van der Waals surface area contributed by atoms with Gasteiger partial charge in [0.25, 0.3) is 0 Å². The molecule has 1 atom stereocenters. The summed E-state index contributed by atoms with van der Waals surface area (Å²) in [6, 6.07) is 1.09. The first-order valence-electron chi connectivity index (χ1n) is 2.59. The zero-order valence-electron chi connectivity index (χ0n) is 4.98. The van der Waals surface area contributed by atoms with E-state index in [0.29, 0.717) is 0 Å². The minimum atomic E-state index is -1.18. The van der Waals surface area contributed by atoms with E-state index in [1.54, 1.807) is 7.11 Å². The third kappa shape index (κ3) is 3.98. The average molecular weight is 119 g/mol. The topological polar surface area (TPSA) is 35.2 Å². The Hall–Kier alpha value is 0.137. The summed E-state index contributed by atoms with van der Waals surface area (Å²) in [7, 11) is 0.506. The largest absolute Gasteiger partial charge is 0.409 e. The first kappa shape index (κ1) is 7.14. The second-order valence-corrected chi connectivity index (χ2v) is 3.69. The molecule has 0 aromatic carbocycles. The zero-order chi connectivity index (χ0) is 5.70. The third-order valence-electron chi connectivity index (χ3n) is 0.876. The van der Waals surface area contributed by atoms with Crippen LogP contribution in [0.5, 0.6) is 0 Å². The quantitative estimate of drug-likeness (QED) is 0.539. The van der Waals surface area contributed by atoms with Gasteiger partial charge in [-0.15, -0.1) is 0 Å². The van der Waals surface area contributed by atoms with E-state index < -0.39 is 9.20 Å². The number of rotatable bonds is 3. The smallest absolute Gasteiger partial charge is 0.249 e. The van der Waals surface area contributed by atoms with Gasteiger partial charge in [0.2, 0.25) is 9.20 Å². The van der Waals surface area contributed by atoms with Crippen molar-refractivity contribution in [2.45, 2.75) is 19.4 Å². The van der Waals surface area contributed by atoms with E-state index in [9.17, 15) is 0 Å². The maximum atomic E-state index is 5.50. The van der Waals surface area contributed by atoms with Crippen molar-refractivity contribution in [2.75, 3.05) is 7.11 Å². The molecular formula is C4H13NOSi. The van der Waals surface area contributed by atoms with E-state index >= 15 is 0 Å². The molecular weight excluding hydrogens is 106 g/mol. The van der Waals surface area contributed by atoms with Crippen LogP contribution in [0.15, 0.2) is 0 Å². The van der Waals surface area contributed by atoms with Crippen LogP contribution in [0.3, 0.4) is 0 Å². The Bertz CT molecular complexity index is 42.7. The number of hydrogen-bond donors (Lipinski definition) is 1. The minimum Gasteiger partial charge on any atom is -0.409 e. The van der Waals surface area contributed by atoms with Crippen LogP contribution in [-0.2, 0) is 4.43 Å². The van der Waals surface area contributed by atoms with Crippen LogP contribution in [0.4, 0.5) is 0 Å². The van der Waals surface area contributed by atoms with Crippen LogP contribution in [-0.4, -0.2) is 16.3 Å². The second-order valence-electron chi connectivity index (χ2n) is 1.56. The predicted octanol–water partition coefficient (Wildman–Crippen LogP) is 0.222. The van der Waals surface area contributed by atoms with Crippen molar-refractivity contribution >= 4 is 9.20 Å². The van der Waals surface area contributed by atoms with Crippen LogP contribution in [0.1, 0.15) is 13.3 Å². The van der Waals surface area contributed by atoms with Crippen molar-refractivity contribution in [3.8, 4) is 0 Å². The third-order valence-corrected chi connectivity index (χ3v) is 2.63.